The van der Waals surface area contributed by atoms with E-state index in [2.05, 4.69) is 5.32 Å². The number of anilines is 1. The van der Waals surface area contributed by atoms with Gasteiger partial charge in [0.25, 0.3) is 0 Å². The van der Waals surface area contributed by atoms with Crippen molar-refractivity contribution in [3.05, 3.63) is 23.2 Å². The van der Waals surface area contributed by atoms with Crippen LogP contribution in [0.1, 0.15) is 0 Å². The third kappa shape index (κ3) is 5.39. The highest BCUT2D eigenvalue weighted by atomic mass is 35.5. The van der Waals surface area contributed by atoms with Gasteiger partial charge in [-0.05, 0) is 18.2 Å². The van der Waals surface area contributed by atoms with E-state index >= 15 is 0 Å². The Labute approximate surface area is 158 Å². The maximum atomic E-state index is 13.0. The molecule has 1 amide bonds. The molecule has 0 aliphatic carbocycles. The highest BCUT2D eigenvalue weighted by Crippen LogP contribution is 2.37. The Morgan fingerprint density at radius 1 is 1.38 bits per heavy atom. The first-order chi connectivity index (χ1) is 11.6. The molecule has 0 unspecified atom stereocenters. The predicted molar refractivity (Wildman–Crippen MR) is 91.0 cm³/mol. The van der Waals surface area contributed by atoms with Gasteiger partial charge in [0, 0.05) is 18.1 Å². The summed E-state index contributed by atoms with van der Waals surface area (Å²) in [4.78, 5) is 24.3. The molecule has 0 aromatic heterocycles. The van der Waals surface area contributed by atoms with Gasteiger partial charge in [-0.2, -0.15) is 13.2 Å². The molecule has 0 saturated carbocycles. The molecule has 11 heteroatoms. The number of aliphatic carboxylic acids is 1. The Hall–Kier alpha value is -1.71. The number of nitrogens with one attached hydrogen (secondary N) is 1. The first-order valence-electron chi connectivity index (χ1n) is 7.27. The van der Waals surface area contributed by atoms with Crippen molar-refractivity contribution in [3.8, 4) is 5.75 Å². The van der Waals surface area contributed by atoms with Crippen LogP contribution >= 0.6 is 24.0 Å². The number of carboxylic acid groups (broad SMARTS) is 1. The second-order valence-electron chi connectivity index (χ2n) is 5.68. The minimum atomic E-state index is -4.63. The van der Waals surface area contributed by atoms with Gasteiger partial charge in [-0.25, -0.2) is 0 Å². The number of carboxylic acids is 1. The molecule has 2 rings (SSSR count). The van der Waals surface area contributed by atoms with E-state index < -0.39 is 36.4 Å². The van der Waals surface area contributed by atoms with Crippen LogP contribution in [0.15, 0.2) is 18.2 Å². The van der Waals surface area contributed by atoms with Crippen molar-refractivity contribution in [1.82, 2.24) is 4.90 Å². The van der Waals surface area contributed by atoms with Gasteiger partial charge in [0.05, 0.1) is 31.2 Å². The van der Waals surface area contributed by atoms with Crippen molar-refractivity contribution in [2.75, 3.05) is 32.1 Å². The Kier molecular flexibility index (Phi) is 7.55. The van der Waals surface area contributed by atoms with Crippen LogP contribution in [0.2, 0.25) is 5.02 Å². The van der Waals surface area contributed by atoms with E-state index in [-0.39, 0.29) is 31.2 Å². The number of rotatable bonds is 5. The molecule has 6 nitrogen and oxygen atoms in total. The first-order valence-corrected chi connectivity index (χ1v) is 7.65. The van der Waals surface area contributed by atoms with E-state index in [1.54, 1.807) is 6.07 Å². The summed E-state index contributed by atoms with van der Waals surface area (Å²) >= 11 is 5.84. The van der Waals surface area contributed by atoms with Crippen LogP contribution in [0.5, 0.6) is 5.75 Å². The molecule has 0 radical (unpaired) electrons. The molecule has 2 N–H and O–H groups in total. The van der Waals surface area contributed by atoms with Crippen molar-refractivity contribution < 1.29 is 32.6 Å². The fourth-order valence-electron chi connectivity index (χ4n) is 2.77. The van der Waals surface area contributed by atoms with Crippen LogP contribution in [0.3, 0.4) is 0 Å². The Morgan fingerprint density at radius 2 is 2.04 bits per heavy atom. The number of alkyl halides is 3. The maximum Gasteiger partial charge on any atom is 0.393 e. The van der Waals surface area contributed by atoms with E-state index in [1.807, 2.05) is 0 Å². The van der Waals surface area contributed by atoms with Crippen LogP contribution in [0.25, 0.3) is 0 Å². The number of hydrogen-bond acceptors (Lipinski definition) is 4. The third-order valence-electron chi connectivity index (χ3n) is 3.94. The molecule has 0 bridgehead atoms. The summed E-state index contributed by atoms with van der Waals surface area (Å²) in [5.74, 6) is -5.36. The van der Waals surface area contributed by atoms with Crippen LogP contribution in [0, 0.1) is 11.8 Å². The molecule has 2 atom stereocenters. The van der Waals surface area contributed by atoms with Gasteiger partial charge in [-0.1, -0.05) is 11.6 Å². The number of amides is 1. The van der Waals surface area contributed by atoms with Crippen molar-refractivity contribution in [3.63, 3.8) is 0 Å². The lowest BCUT2D eigenvalue weighted by Crippen LogP contribution is -2.34. The molecular weight excluding hydrogens is 400 g/mol. The van der Waals surface area contributed by atoms with Gasteiger partial charge >= 0.3 is 12.1 Å². The average molecular weight is 417 g/mol. The summed E-state index contributed by atoms with van der Waals surface area (Å²) in [6, 6.07) is 4.54. The summed E-state index contributed by atoms with van der Waals surface area (Å²) in [6.45, 7) is -1.26. The summed E-state index contributed by atoms with van der Waals surface area (Å²) in [6.07, 6.45) is -4.63. The third-order valence-corrected chi connectivity index (χ3v) is 4.17. The minimum absolute atomic E-state index is 0. The van der Waals surface area contributed by atoms with Gasteiger partial charge < -0.3 is 15.2 Å². The quantitative estimate of drug-likeness (QED) is 0.771. The van der Waals surface area contributed by atoms with E-state index in [9.17, 15) is 22.8 Å². The van der Waals surface area contributed by atoms with Crippen LogP contribution in [-0.4, -0.2) is 54.8 Å². The lowest BCUT2D eigenvalue weighted by atomic mass is 9.96. The molecule has 26 heavy (non-hydrogen) atoms. The molecule has 1 heterocycles. The summed E-state index contributed by atoms with van der Waals surface area (Å²) < 4.78 is 43.9. The van der Waals surface area contributed by atoms with Gasteiger partial charge in [0.1, 0.15) is 5.75 Å². The monoisotopic (exact) mass is 416 g/mol. The van der Waals surface area contributed by atoms with Crippen LogP contribution in [0.4, 0.5) is 18.9 Å². The number of carbonyl (C=O) groups is 2. The first kappa shape index (κ1) is 22.3. The van der Waals surface area contributed by atoms with Gasteiger partial charge in [-0.3, -0.25) is 14.5 Å². The number of halogens is 5. The molecule has 1 fully saturated rings. The van der Waals surface area contributed by atoms with Gasteiger partial charge in [0.2, 0.25) is 5.91 Å². The number of carbonyl (C=O) groups excluding carboxylic acids is 1. The summed E-state index contributed by atoms with van der Waals surface area (Å²) in [5, 5.41) is 11.8. The number of benzene rings is 1. The maximum absolute atomic E-state index is 13.0. The molecule has 0 spiro atoms. The second-order valence-corrected chi connectivity index (χ2v) is 6.12. The second kappa shape index (κ2) is 8.79. The van der Waals surface area contributed by atoms with Crippen molar-refractivity contribution in [2.24, 2.45) is 11.8 Å². The number of hydrogen-bond donors (Lipinski definition) is 2. The Bertz CT molecular complexity index is 673. The van der Waals surface area contributed by atoms with E-state index in [1.165, 1.54) is 24.1 Å². The average Bonchev–Trinajstić information content (AvgIpc) is 2.91. The zero-order valence-corrected chi connectivity index (χ0v) is 15.1. The Balaban J connectivity index is 0.00000338. The number of likely N-dealkylation sites (tertiary alicyclic amines) is 1. The lowest BCUT2D eigenvalue weighted by molar-refractivity contribution is -0.188. The van der Waals surface area contributed by atoms with Crippen LogP contribution < -0.4 is 10.1 Å². The molecule has 1 saturated heterocycles. The van der Waals surface area contributed by atoms with Gasteiger partial charge in [-0.15, -0.1) is 12.4 Å². The van der Waals surface area contributed by atoms with Crippen molar-refractivity contribution in [1.29, 1.82) is 0 Å². The van der Waals surface area contributed by atoms with E-state index in [0.717, 1.165) is 0 Å². The van der Waals surface area contributed by atoms with E-state index in [0.29, 0.717) is 10.8 Å². The van der Waals surface area contributed by atoms with E-state index in [4.69, 9.17) is 21.4 Å². The number of ether oxygens (including phenoxy) is 1. The zero-order chi connectivity index (χ0) is 18.8. The van der Waals surface area contributed by atoms with Crippen molar-refractivity contribution >= 4 is 41.6 Å². The molecule has 1 aliphatic heterocycles. The topological polar surface area (TPSA) is 78.9 Å². The molecular formula is C15H17Cl2F3N2O4. The molecule has 1 aromatic rings. The summed E-state index contributed by atoms with van der Waals surface area (Å²) in [7, 11) is 1.39. The zero-order valence-electron chi connectivity index (χ0n) is 13.5. The van der Waals surface area contributed by atoms with Gasteiger partial charge in [0.15, 0.2) is 0 Å². The molecule has 1 aliphatic rings. The molecule has 1 aromatic carbocycles. The van der Waals surface area contributed by atoms with Crippen molar-refractivity contribution in [2.45, 2.75) is 6.18 Å². The molecule has 146 valence electrons. The standard InChI is InChI=1S/C15H16ClF3N2O4.ClH/c1-25-12-3-2-8(16)4-11(12)20-13(22)7-21-5-9(14(23)24)10(6-21)15(17,18)19;/h2-4,9-10H,5-7H2,1H3,(H,20,22)(H,23,24);1H/t9-,10-;/m1./s1. The number of nitrogens with zero attached hydrogens (tertiary/aromatic N) is 1. The highest BCUT2D eigenvalue weighted by molar-refractivity contribution is 6.31. The number of methoxy groups -OCH3 is 1. The largest absolute Gasteiger partial charge is 0.495 e. The normalized spacial score (nSPS) is 20.3. The van der Waals surface area contributed by atoms with Crippen LogP contribution in [-0.2, 0) is 9.59 Å². The Morgan fingerprint density at radius 3 is 2.54 bits per heavy atom. The minimum Gasteiger partial charge on any atom is -0.495 e. The highest BCUT2D eigenvalue weighted by Gasteiger charge is 2.52. The predicted octanol–water partition coefficient (Wildman–Crippen LogP) is 2.90. The fraction of sp³-hybridized carbons (Fsp3) is 0.467. The summed E-state index contributed by atoms with van der Waals surface area (Å²) in [5.41, 5.74) is 0.279. The SMILES string of the molecule is COc1ccc(Cl)cc1NC(=O)CN1C[C@@H](C(F)(F)F)[C@H](C(=O)O)C1.Cl. The smallest absolute Gasteiger partial charge is 0.393 e. The fourth-order valence-corrected chi connectivity index (χ4v) is 2.94. The lowest BCUT2D eigenvalue weighted by Gasteiger charge is -2.18.